The maximum Gasteiger partial charge on any atom is 0.220 e. The van der Waals surface area contributed by atoms with Gasteiger partial charge in [-0.15, -0.1) is 11.3 Å². The van der Waals surface area contributed by atoms with Gasteiger partial charge in [0.15, 0.2) is 0 Å². The first kappa shape index (κ1) is 23.3. The van der Waals surface area contributed by atoms with Gasteiger partial charge >= 0.3 is 0 Å². The van der Waals surface area contributed by atoms with Crippen molar-refractivity contribution in [1.82, 2.24) is 14.7 Å². The number of nitrogens with zero attached hydrogens (tertiary/aromatic N) is 2. The fourth-order valence-electron chi connectivity index (χ4n) is 4.31. The Morgan fingerprint density at radius 3 is 2.66 bits per heavy atom. The molecule has 5 nitrogen and oxygen atoms in total. The van der Waals surface area contributed by atoms with Gasteiger partial charge in [0, 0.05) is 53.6 Å². The van der Waals surface area contributed by atoms with E-state index in [4.69, 9.17) is 9.72 Å². The lowest BCUT2D eigenvalue weighted by molar-refractivity contribution is -0.121. The molecule has 0 aliphatic carbocycles. The number of carbonyl (C=O) groups excluding carboxylic acids is 1. The molecule has 2 aromatic carbocycles. The van der Waals surface area contributed by atoms with E-state index in [0.717, 1.165) is 34.6 Å². The summed E-state index contributed by atoms with van der Waals surface area (Å²) in [5, 5.41) is 4.25. The van der Waals surface area contributed by atoms with Crippen molar-refractivity contribution in [3.63, 3.8) is 0 Å². The van der Waals surface area contributed by atoms with Crippen LogP contribution in [0.25, 0.3) is 37.4 Å². The number of aromatic nitrogens is 2. The lowest BCUT2D eigenvalue weighted by Crippen LogP contribution is -2.25. The average Bonchev–Trinajstić information content (AvgIpc) is 3.47. The number of nitrogens with one attached hydrogen (secondary N) is 1. The molecule has 0 atom stereocenters. The Morgan fingerprint density at radius 1 is 1.06 bits per heavy atom. The van der Waals surface area contributed by atoms with Crippen LogP contribution in [-0.4, -0.2) is 35.6 Å². The van der Waals surface area contributed by atoms with Gasteiger partial charge in [0.25, 0.3) is 0 Å². The quantitative estimate of drug-likeness (QED) is 0.251. The van der Waals surface area contributed by atoms with Crippen LogP contribution in [0.5, 0.6) is 0 Å². The maximum atomic E-state index is 12.5. The van der Waals surface area contributed by atoms with E-state index in [1.165, 1.54) is 20.5 Å². The van der Waals surface area contributed by atoms with Crippen molar-refractivity contribution < 1.29 is 9.53 Å². The van der Waals surface area contributed by atoms with Crippen LogP contribution >= 0.6 is 11.3 Å². The normalized spacial score (nSPS) is 11.4. The number of amides is 1. The van der Waals surface area contributed by atoms with E-state index in [1.54, 1.807) is 18.4 Å². The molecule has 0 bridgehead atoms. The molecule has 3 heterocycles. The van der Waals surface area contributed by atoms with Crippen molar-refractivity contribution in [2.24, 2.45) is 0 Å². The fraction of sp³-hybridized carbons (Fsp3) is 0.241. The Labute approximate surface area is 209 Å². The number of hydrogen-bond acceptors (Lipinski definition) is 4. The number of imidazole rings is 1. The zero-order chi connectivity index (χ0) is 24.2. The molecule has 1 amide bonds. The van der Waals surface area contributed by atoms with Crippen LogP contribution in [0.15, 0.2) is 72.9 Å². The highest BCUT2D eigenvalue weighted by molar-refractivity contribution is 7.22. The molecule has 0 unspecified atom stereocenters. The Hall–Kier alpha value is -3.48. The summed E-state index contributed by atoms with van der Waals surface area (Å²) in [5.41, 5.74) is 6.31. The fourth-order valence-corrected chi connectivity index (χ4v) is 5.36. The molecular formula is C29H29N3O2S. The van der Waals surface area contributed by atoms with Gasteiger partial charge in [-0.1, -0.05) is 48.0 Å². The van der Waals surface area contributed by atoms with Crippen molar-refractivity contribution in [3.8, 4) is 21.7 Å². The molecule has 0 aliphatic heterocycles. The van der Waals surface area contributed by atoms with Crippen molar-refractivity contribution in [1.29, 1.82) is 0 Å². The molecule has 0 spiro atoms. The van der Waals surface area contributed by atoms with E-state index in [2.05, 4.69) is 89.6 Å². The molecule has 6 heteroatoms. The van der Waals surface area contributed by atoms with Crippen molar-refractivity contribution >= 4 is 33.0 Å². The number of carbonyl (C=O) groups is 1. The molecule has 5 rings (SSSR count). The standard InChI is InChI=1S/C29H29N3O2S/c1-20-8-10-21(11-9-20)29-24(13-15-28(33)30-16-5-17-34-2)32-19-23(12-14-27(32)31-29)26-18-22-6-3-4-7-25(22)35-26/h3-4,6-12,14,18-19H,5,13,15-17H2,1-2H3,(H,30,33). The van der Waals surface area contributed by atoms with Crippen molar-refractivity contribution in [2.45, 2.75) is 26.2 Å². The number of benzene rings is 2. The molecule has 0 saturated carbocycles. The number of ether oxygens (including phenoxy) is 1. The first-order valence-corrected chi connectivity index (χ1v) is 12.8. The van der Waals surface area contributed by atoms with Gasteiger partial charge in [0.2, 0.25) is 5.91 Å². The lowest BCUT2D eigenvalue weighted by Gasteiger charge is -2.08. The molecule has 35 heavy (non-hydrogen) atoms. The largest absolute Gasteiger partial charge is 0.385 e. The summed E-state index contributed by atoms with van der Waals surface area (Å²) in [6.45, 7) is 3.35. The number of pyridine rings is 1. The van der Waals surface area contributed by atoms with Crippen LogP contribution in [0.2, 0.25) is 0 Å². The molecular weight excluding hydrogens is 454 g/mol. The first-order chi connectivity index (χ1) is 17.1. The minimum Gasteiger partial charge on any atom is -0.385 e. The molecule has 0 fully saturated rings. The van der Waals surface area contributed by atoms with Gasteiger partial charge in [0.05, 0.1) is 11.4 Å². The van der Waals surface area contributed by atoms with E-state index >= 15 is 0 Å². The number of rotatable bonds is 9. The number of methoxy groups -OCH3 is 1. The Balaban J connectivity index is 1.50. The predicted octanol–water partition coefficient (Wildman–Crippen LogP) is 6.28. The second-order valence-corrected chi connectivity index (χ2v) is 9.85. The zero-order valence-electron chi connectivity index (χ0n) is 20.1. The number of thiophene rings is 1. The summed E-state index contributed by atoms with van der Waals surface area (Å²) >= 11 is 1.79. The van der Waals surface area contributed by atoms with E-state index in [0.29, 0.717) is 26.0 Å². The smallest absolute Gasteiger partial charge is 0.220 e. The van der Waals surface area contributed by atoms with Crippen molar-refractivity contribution in [3.05, 3.63) is 84.2 Å². The third kappa shape index (κ3) is 5.14. The summed E-state index contributed by atoms with van der Waals surface area (Å²) in [6.07, 6.45) is 3.99. The van der Waals surface area contributed by atoms with E-state index in [-0.39, 0.29) is 5.91 Å². The van der Waals surface area contributed by atoms with Gasteiger partial charge in [-0.2, -0.15) is 0 Å². The summed E-state index contributed by atoms with van der Waals surface area (Å²) < 4.78 is 8.51. The predicted molar refractivity (Wildman–Crippen MR) is 144 cm³/mol. The van der Waals surface area contributed by atoms with Crippen LogP contribution in [-0.2, 0) is 16.0 Å². The third-order valence-corrected chi connectivity index (χ3v) is 7.35. The molecule has 3 aromatic heterocycles. The van der Waals surface area contributed by atoms with Crippen LogP contribution in [0, 0.1) is 6.92 Å². The summed E-state index contributed by atoms with van der Waals surface area (Å²) in [7, 11) is 1.67. The second-order valence-electron chi connectivity index (χ2n) is 8.76. The summed E-state index contributed by atoms with van der Waals surface area (Å²) in [6, 6.07) is 23.3. The average molecular weight is 484 g/mol. The molecule has 0 radical (unpaired) electrons. The molecule has 1 N–H and O–H groups in total. The highest BCUT2D eigenvalue weighted by Crippen LogP contribution is 2.34. The molecule has 0 aliphatic rings. The highest BCUT2D eigenvalue weighted by Gasteiger charge is 2.17. The second kappa shape index (κ2) is 10.4. The van der Waals surface area contributed by atoms with E-state index < -0.39 is 0 Å². The lowest BCUT2D eigenvalue weighted by atomic mass is 10.1. The molecule has 0 saturated heterocycles. The third-order valence-electron chi connectivity index (χ3n) is 6.19. The van der Waals surface area contributed by atoms with Crippen LogP contribution in [0.1, 0.15) is 24.1 Å². The summed E-state index contributed by atoms with van der Waals surface area (Å²) in [4.78, 5) is 18.7. The first-order valence-electron chi connectivity index (χ1n) is 11.9. The van der Waals surface area contributed by atoms with Gasteiger partial charge in [-0.3, -0.25) is 4.79 Å². The van der Waals surface area contributed by atoms with Gasteiger partial charge in [-0.25, -0.2) is 4.98 Å². The van der Waals surface area contributed by atoms with Gasteiger partial charge in [0.1, 0.15) is 5.65 Å². The van der Waals surface area contributed by atoms with Crippen LogP contribution in [0.4, 0.5) is 0 Å². The van der Waals surface area contributed by atoms with Gasteiger partial charge in [-0.05, 0) is 49.4 Å². The maximum absolute atomic E-state index is 12.5. The van der Waals surface area contributed by atoms with Gasteiger partial charge < -0.3 is 14.5 Å². The topological polar surface area (TPSA) is 55.6 Å². The van der Waals surface area contributed by atoms with Crippen LogP contribution < -0.4 is 5.32 Å². The Morgan fingerprint density at radius 2 is 1.86 bits per heavy atom. The zero-order valence-corrected chi connectivity index (χ0v) is 20.9. The highest BCUT2D eigenvalue weighted by atomic mass is 32.1. The minimum absolute atomic E-state index is 0.0478. The monoisotopic (exact) mass is 483 g/mol. The van der Waals surface area contributed by atoms with Crippen molar-refractivity contribution in [2.75, 3.05) is 20.3 Å². The van der Waals surface area contributed by atoms with E-state index in [1.807, 2.05) is 0 Å². The van der Waals surface area contributed by atoms with E-state index in [9.17, 15) is 4.79 Å². The number of hydrogen-bond donors (Lipinski definition) is 1. The molecule has 5 aromatic rings. The Bertz CT molecular complexity index is 1430. The number of aryl methyl sites for hydroxylation is 2. The van der Waals surface area contributed by atoms with Crippen LogP contribution in [0.3, 0.4) is 0 Å². The Kier molecular flexibility index (Phi) is 6.93. The number of fused-ring (bicyclic) bond motifs is 2. The minimum atomic E-state index is 0.0478. The SMILES string of the molecule is COCCCNC(=O)CCc1c(-c2ccc(C)cc2)nc2ccc(-c3cc4ccccc4s3)cn12. The summed E-state index contributed by atoms with van der Waals surface area (Å²) in [5.74, 6) is 0.0478. The molecule has 178 valence electrons.